The first-order chi connectivity index (χ1) is 16.8. The van der Waals surface area contributed by atoms with Gasteiger partial charge >= 0.3 is 7.12 Å². The highest BCUT2D eigenvalue weighted by Crippen LogP contribution is 2.42. The van der Waals surface area contributed by atoms with Gasteiger partial charge in [-0.3, -0.25) is 0 Å². The van der Waals surface area contributed by atoms with Crippen LogP contribution in [0.4, 0.5) is 0 Å². The summed E-state index contributed by atoms with van der Waals surface area (Å²) in [5.74, 6) is 0. The Labute approximate surface area is 208 Å². The minimum atomic E-state index is -0.449. The van der Waals surface area contributed by atoms with Crippen LogP contribution >= 0.6 is 11.3 Å². The van der Waals surface area contributed by atoms with Crippen LogP contribution < -0.4 is 5.46 Å². The molecule has 0 aliphatic carbocycles. The molecule has 0 bridgehead atoms. The molecule has 0 saturated carbocycles. The molecule has 1 fully saturated rings. The molecule has 172 valence electrons. The highest BCUT2D eigenvalue weighted by molar-refractivity contribution is 7.26. The number of thiophene rings is 1. The third-order valence-corrected chi connectivity index (χ3v) is 8.85. The quantitative estimate of drug-likeness (QED) is 0.238. The number of fused-ring (bicyclic) bond motifs is 6. The summed E-state index contributed by atoms with van der Waals surface area (Å²) in [6.07, 6.45) is 0. The second-order valence-corrected chi connectivity index (χ2v) is 11.5. The molecule has 7 rings (SSSR count). The predicted octanol–water partition coefficient (Wildman–Crippen LogP) is 7.92. The van der Waals surface area contributed by atoms with Gasteiger partial charge in [-0.2, -0.15) is 0 Å². The van der Waals surface area contributed by atoms with E-state index in [0.717, 1.165) is 38.5 Å². The van der Waals surface area contributed by atoms with Crippen LogP contribution in [0.5, 0.6) is 0 Å². The number of hydrogen-bond acceptors (Lipinski definition) is 4. The molecule has 1 saturated heterocycles. The molecular weight excluding hydrogens is 451 g/mol. The standard InChI is InChI=1S/C30H25BO3S/c1-29(2)30(3,4)34-31(33-29)23-16-18(17-26-27(23)22-11-6-8-15-25(22)35-26)19-12-9-13-21-20-10-5-7-14-24(20)32-28(19)21/h5-17H,1-4H3. The van der Waals surface area contributed by atoms with Gasteiger partial charge in [-0.15, -0.1) is 11.3 Å². The highest BCUT2D eigenvalue weighted by Gasteiger charge is 2.52. The van der Waals surface area contributed by atoms with Crippen molar-refractivity contribution < 1.29 is 13.7 Å². The molecule has 0 atom stereocenters. The Bertz CT molecular complexity index is 1760. The van der Waals surface area contributed by atoms with Crippen molar-refractivity contribution in [1.29, 1.82) is 0 Å². The molecule has 5 heteroatoms. The zero-order chi connectivity index (χ0) is 23.9. The lowest BCUT2D eigenvalue weighted by molar-refractivity contribution is 0.00578. The zero-order valence-electron chi connectivity index (χ0n) is 20.2. The van der Waals surface area contributed by atoms with Crippen LogP contribution in [0.3, 0.4) is 0 Å². The van der Waals surface area contributed by atoms with E-state index in [1.165, 1.54) is 20.2 Å². The molecule has 35 heavy (non-hydrogen) atoms. The molecule has 6 aromatic rings. The van der Waals surface area contributed by atoms with Gasteiger partial charge in [0.1, 0.15) is 11.2 Å². The Balaban J connectivity index is 1.52. The zero-order valence-corrected chi connectivity index (χ0v) is 21.0. The number of rotatable bonds is 2. The summed E-state index contributed by atoms with van der Waals surface area (Å²) in [6.45, 7) is 8.42. The van der Waals surface area contributed by atoms with Crippen LogP contribution in [0.1, 0.15) is 27.7 Å². The molecule has 0 N–H and O–H groups in total. The maximum absolute atomic E-state index is 6.56. The van der Waals surface area contributed by atoms with E-state index in [9.17, 15) is 0 Å². The third-order valence-electron chi connectivity index (χ3n) is 7.73. The summed E-state index contributed by atoms with van der Waals surface area (Å²) in [5.41, 5.74) is 4.25. The molecule has 3 nitrogen and oxygen atoms in total. The number of benzene rings is 4. The summed E-state index contributed by atoms with van der Waals surface area (Å²) in [4.78, 5) is 0. The first kappa shape index (κ1) is 21.2. The van der Waals surface area contributed by atoms with Crippen molar-refractivity contribution in [2.45, 2.75) is 38.9 Å². The topological polar surface area (TPSA) is 31.6 Å². The Hall–Kier alpha value is -3.12. The SMILES string of the molecule is CC1(C)OB(c2cc(-c3cccc4c3oc3ccccc34)cc3sc4ccccc4c23)OC1(C)C. The number of para-hydroxylation sites is 2. The Morgan fingerprint density at radius 2 is 1.37 bits per heavy atom. The van der Waals surface area contributed by atoms with E-state index < -0.39 is 18.3 Å². The molecule has 1 aliphatic heterocycles. The molecular formula is C30H25BO3S. The minimum absolute atomic E-state index is 0.412. The molecule has 0 amide bonds. The lowest BCUT2D eigenvalue weighted by Gasteiger charge is -2.32. The highest BCUT2D eigenvalue weighted by atomic mass is 32.1. The summed E-state index contributed by atoms with van der Waals surface area (Å²) < 4.78 is 22.0. The van der Waals surface area contributed by atoms with E-state index in [1.54, 1.807) is 0 Å². The fraction of sp³-hybridized carbons (Fsp3) is 0.200. The van der Waals surface area contributed by atoms with Crippen molar-refractivity contribution >= 4 is 66.0 Å². The second-order valence-electron chi connectivity index (χ2n) is 10.4. The second kappa shape index (κ2) is 7.20. The van der Waals surface area contributed by atoms with Gasteiger partial charge in [0.25, 0.3) is 0 Å². The van der Waals surface area contributed by atoms with Gasteiger partial charge in [0.15, 0.2) is 0 Å². The Morgan fingerprint density at radius 1 is 0.686 bits per heavy atom. The van der Waals surface area contributed by atoms with Crippen LogP contribution in [0.25, 0.3) is 53.2 Å². The average Bonchev–Trinajstić information content (AvgIpc) is 3.47. The van der Waals surface area contributed by atoms with E-state index in [2.05, 4.69) is 94.4 Å². The summed E-state index contributed by atoms with van der Waals surface area (Å²) >= 11 is 1.81. The molecule has 0 spiro atoms. The molecule has 0 radical (unpaired) electrons. The molecule has 3 heterocycles. The van der Waals surface area contributed by atoms with Gasteiger partial charge in [0.05, 0.1) is 11.2 Å². The van der Waals surface area contributed by atoms with Gasteiger partial charge in [0.2, 0.25) is 0 Å². The average molecular weight is 476 g/mol. The maximum atomic E-state index is 6.56. The lowest BCUT2D eigenvalue weighted by Crippen LogP contribution is -2.41. The smallest absolute Gasteiger partial charge is 0.455 e. The van der Waals surface area contributed by atoms with Gasteiger partial charge in [-0.25, -0.2) is 0 Å². The molecule has 2 aromatic heterocycles. The van der Waals surface area contributed by atoms with Crippen LogP contribution in [-0.4, -0.2) is 18.3 Å². The first-order valence-corrected chi connectivity index (χ1v) is 12.9. The fourth-order valence-electron chi connectivity index (χ4n) is 5.17. The summed E-state index contributed by atoms with van der Waals surface area (Å²) in [6, 6.07) is 27.7. The lowest BCUT2D eigenvalue weighted by atomic mass is 9.75. The van der Waals surface area contributed by atoms with E-state index in [1.807, 2.05) is 23.5 Å². The Morgan fingerprint density at radius 3 is 2.17 bits per heavy atom. The van der Waals surface area contributed by atoms with Crippen molar-refractivity contribution in [1.82, 2.24) is 0 Å². The van der Waals surface area contributed by atoms with E-state index in [0.29, 0.717) is 0 Å². The van der Waals surface area contributed by atoms with Crippen LogP contribution in [0.15, 0.2) is 83.3 Å². The van der Waals surface area contributed by atoms with E-state index >= 15 is 0 Å². The number of hydrogen-bond donors (Lipinski definition) is 0. The normalized spacial score (nSPS) is 17.3. The molecule has 4 aromatic carbocycles. The van der Waals surface area contributed by atoms with Gasteiger partial charge in [0, 0.05) is 31.1 Å². The van der Waals surface area contributed by atoms with Crippen molar-refractivity contribution in [2.24, 2.45) is 0 Å². The van der Waals surface area contributed by atoms with Crippen LogP contribution in [0.2, 0.25) is 0 Å². The fourth-order valence-corrected chi connectivity index (χ4v) is 6.35. The van der Waals surface area contributed by atoms with Gasteiger partial charge < -0.3 is 13.7 Å². The minimum Gasteiger partial charge on any atom is -0.455 e. The first-order valence-electron chi connectivity index (χ1n) is 12.0. The maximum Gasteiger partial charge on any atom is 0.495 e. The van der Waals surface area contributed by atoms with Gasteiger partial charge in [-0.05, 0) is 62.3 Å². The largest absolute Gasteiger partial charge is 0.495 e. The summed E-state index contributed by atoms with van der Waals surface area (Å²) in [7, 11) is -0.449. The van der Waals surface area contributed by atoms with Crippen LogP contribution in [0, 0.1) is 0 Å². The van der Waals surface area contributed by atoms with E-state index in [4.69, 9.17) is 13.7 Å². The summed E-state index contributed by atoms with van der Waals surface area (Å²) in [5, 5.41) is 4.72. The predicted molar refractivity (Wildman–Crippen MR) is 148 cm³/mol. The number of furan rings is 1. The van der Waals surface area contributed by atoms with Crippen molar-refractivity contribution in [2.75, 3.05) is 0 Å². The third kappa shape index (κ3) is 3.05. The Kier molecular flexibility index (Phi) is 4.36. The van der Waals surface area contributed by atoms with E-state index in [-0.39, 0.29) is 0 Å². The molecule has 1 aliphatic rings. The van der Waals surface area contributed by atoms with Crippen molar-refractivity contribution in [3.63, 3.8) is 0 Å². The van der Waals surface area contributed by atoms with Crippen LogP contribution in [-0.2, 0) is 9.31 Å². The van der Waals surface area contributed by atoms with Crippen molar-refractivity contribution in [3.05, 3.63) is 78.9 Å². The van der Waals surface area contributed by atoms with Crippen molar-refractivity contribution in [3.8, 4) is 11.1 Å². The monoisotopic (exact) mass is 476 g/mol. The van der Waals surface area contributed by atoms with Gasteiger partial charge in [-0.1, -0.05) is 60.7 Å². The molecule has 0 unspecified atom stereocenters.